The fraction of sp³-hybridized carbons (Fsp3) is 0.278. The van der Waals surface area contributed by atoms with Crippen LogP contribution in [-0.2, 0) is 0 Å². The zero-order valence-electron chi connectivity index (χ0n) is 13.7. The van der Waals surface area contributed by atoms with Gasteiger partial charge in [0.25, 0.3) is 0 Å². The summed E-state index contributed by atoms with van der Waals surface area (Å²) in [5, 5.41) is 3.20. The minimum absolute atomic E-state index is 0.0282. The van der Waals surface area contributed by atoms with Crippen molar-refractivity contribution in [3.05, 3.63) is 58.6 Å². The van der Waals surface area contributed by atoms with E-state index in [1.54, 1.807) is 4.90 Å². The number of carbonyl (C=O) groups is 1. The fourth-order valence-corrected chi connectivity index (χ4v) is 3.04. The number of urea groups is 1. The van der Waals surface area contributed by atoms with E-state index in [9.17, 15) is 13.6 Å². The number of benzene rings is 2. The largest absolute Gasteiger partial charge is 0.368 e. The van der Waals surface area contributed by atoms with Gasteiger partial charge in [0.2, 0.25) is 0 Å². The zero-order chi connectivity index (χ0) is 18.0. The van der Waals surface area contributed by atoms with E-state index < -0.39 is 17.7 Å². The second-order valence-electron chi connectivity index (χ2n) is 5.91. The third-order valence-electron chi connectivity index (χ3n) is 4.32. The average Bonchev–Trinajstić information content (AvgIpc) is 2.60. The van der Waals surface area contributed by atoms with E-state index in [1.165, 1.54) is 6.07 Å². The van der Waals surface area contributed by atoms with Crippen LogP contribution in [0.2, 0.25) is 5.02 Å². The van der Waals surface area contributed by atoms with Gasteiger partial charge in [0.1, 0.15) is 11.6 Å². The van der Waals surface area contributed by atoms with Crippen LogP contribution >= 0.6 is 11.6 Å². The molecule has 2 amide bonds. The Kier molecular flexibility index (Phi) is 5.08. The van der Waals surface area contributed by atoms with Gasteiger partial charge in [-0.05, 0) is 36.8 Å². The Morgan fingerprint density at radius 1 is 1.12 bits per heavy atom. The monoisotopic (exact) mass is 365 g/mol. The molecule has 1 aliphatic heterocycles. The van der Waals surface area contributed by atoms with Crippen molar-refractivity contribution >= 4 is 29.0 Å². The third kappa shape index (κ3) is 3.85. The highest BCUT2D eigenvalue weighted by Crippen LogP contribution is 2.27. The lowest BCUT2D eigenvalue weighted by molar-refractivity contribution is 0.208. The second-order valence-corrected chi connectivity index (χ2v) is 6.32. The predicted octanol–water partition coefficient (Wildman–Crippen LogP) is 4.28. The average molecular weight is 366 g/mol. The van der Waals surface area contributed by atoms with Crippen LogP contribution in [0.4, 0.5) is 25.0 Å². The molecule has 0 atom stereocenters. The van der Waals surface area contributed by atoms with Crippen molar-refractivity contribution in [3.63, 3.8) is 0 Å². The van der Waals surface area contributed by atoms with E-state index in [0.717, 1.165) is 23.4 Å². The van der Waals surface area contributed by atoms with Gasteiger partial charge < -0.3 is 15.1 Å². The molecule has 1 fully saturated rings. The number of piperazine rings is 1. The number of carbonyl (C=O) groups excluding carboxylic acids is 1. The Labute approximate surface area is 150 Å². The Morgan fingerprint density at radius 3 is 2.52 bits per heavy atom. The van der Waals surface area contributed by atoms with Crippen molar-refractivity contribution in [1.29, 1.82) is 0 Å². The first-order valence-electron chi connectivity index (χ1n) is 7.97. The molecule has 25 heavy (non-hydrogen) atoms. The standard InChI is InChI=1S/C18H18ClF2N3O/c1-12-14(19)3-2-4-17(12)23-7-9-24(10-8-23)18(25)22-16-6-5-13(20)11-15(16)21/h2-6,11H,7-10H2,1H3,(H,22,25). The number of halogens is 3. The molecule has 0 unspecified atom stereocenters. The van der Waals surface area contributed by atoms with Crippen LogP contribution < -0.4 is 10.2 Å². The Bertz CT molecular complexity index is 792. The number of nitrogens with zero attached hydrogens (tertiary/aromatic N) is 2. The topological polar surface area (TPSA) is 35.6 Å². The highest BCUT2D eigenvalue weighted by atomic mass is 35.5. The van der Waals surface area contributed by atoms with Crippen LogP contribution in [0.15, 0.2) is 36.4 Å². The fourth-order valence-electron chi connectivity index (χ4n) is 2.87. The van der Waals surface area contributed by atoms with Crippen molar-refractivity contribution < 1.29 is 13.6 Å². The van der Waals surface area contributed by atoms with Gasteiger partial charge in [-0.25, -0.2) is 13.6 Å². The van der Waals surface area contributed by atoms with E-state index in [-0.39, 0.29) is 5.69 Å². The van der Waals surface area contributed by atoms with E-state index in [4.69, 9.17) is 11.6 Å². The van der Waals surface area contributed by atoms with Crippen molar-refractivity contribution in [2.45, 2.75) is 6.92 Å². The van der Waals surface area contributed by atoms with Crippen LogP contribution in [0.3, 0.4) is 0 Å². The Balaban J connectivity index is 1.62. The highest BCUT2D eigenvalue weighted by molar-refractivity contribution is 6.31. The molecule has 0 spiro atoms. The van der Waals surface area contributed by atoms with Crippen molar-refractivity contribution in [3.8, 4) is 0 Å². The van der Waals surface area contributed by atoms with E-state index >= 15 is 0 Å². The summed E-state index contributed by atoms with van der Waals surface area (Å²) >= 11 is 6.16. The van der Waals surface area contributed by atoms with Crippen LogP contribution in [0.5, 0.6) is 0 Å². The first-order chi connectivity index (χ1) is 12.0. The predicted molar refractivity (Wildman–Crippen MR) is 95.4 cm³/mol. The van der Waals surface area contributed by atoms with E-state index in [1.807, 2.05) is 25.1 Å². The van der Waals surface area contributed by atoms with Gasteiger partial charge in [-0.3, -0.25) is 0 Å². The molecular formula is C18H18ClF2N3O. The van der Waals surface area contributed by atoms with Gasteiger partial charge >= 0.3 is 6.03 Å². The van der Waals surface area contributed by atoms with Gasteiger partial charge in [0, 0.05) is 43.0 Å². The number of rotatable bonds is 2. The van der Waals surface area contributed by atoms with Crippen molar-refractivity contribution in [1.82, 2.24) is 4.90 Å². The van der Waals surface area contributed by atoms with E-state index in [0.29, 0.717) is 31.2 Å². The first-order valence-corrected chi connectivity index (χ1v) is 8.34. The maximum Gasteiger partial charge on any atom is 0.322 e. The summed E-state index contributed by atoms with van der Waals surface area (Å²) in [5.41, 5.74) is 2.03. The van der Waals surface area contributed by atoms with Crippen molar-refractivity contribution in [2.75, 3.05) is 36.4 Å². The molecule has 7 heteroatoms. The quantitative estimate of drug-likeness (QED) is 0.862. The van der Waals surface area contributed by atoms with Gasteiger partial charge in [-0.2, -0.15) is 0 Å². The SMILES string of the molecule is Cc1c(Cl)cccc1N1CCN(C(=O)Nc2ccc(F)cc2F)CC1. The second kappa shape index (κ2) is 7.27. The molecule has 0 aromatic heterocycles. The maximum atomic E-state index is 13.6. The normalized spacial score (nSPS) is 14.6. The summed E-state index contributed by atoms with van der Waals surface area (Å²) in [4.78, 5) is 16.1. The number of hydrogen-bond acceptors (Lipinski definition) is 2. The summed E-state index contributed by atoms with van der Waals surface area (Å²) in [5.74, 6) is -1.47. The molecule has 0 saturated carbocycles. The minimum atomic E-state index is -0.790. The molecule has 0 radical (unpaired) electrons. The number of amides is 2. The van der Waals surface area contributed by atoms with Gasteiger partial charge in [-0.1, -0.05) is 17.7 Å². The molecule has 2 aromatic carbocycles. The Morgan fingerprint density at radius 2 is 1.84 bits per heavy atom. The molecule has 4 nitrogen and oxygen atoms in total. The minimum Gasteiger partial charge on any atom is -0.368 e. The number of nitrogens with one attached hydrogen (secondary N) is 1. The maximum absolute atomic E-state index is 13.6. The van der Waals surface area contributed by atoms with Crippen LogP contribution in [0.25, 0.3) is 0 Å². The van der Waals surface area contributed by atoms with Crippen LogP contribution in [0.1, 0.15) is 5.56 Å². The summed E-state index contributed by atoms with van der Waals surface area (Å²) < 4.78 is 26.6. The molecule has 1 aliphatic rings. The summed E-state index contributed by atoms with van der Waals surface area (Å²) in [7, 11) is 0. The molecule has 1 saturated heterocycles. The molecule has 0 bridgehead atoms. The highest BCUT2D eigenvalue weighted by Gasteiger charge is 2.23. The molecule has 3 rings (SSSR count). The molecule has 2 aromatic rings. The molecular weight excluding hydrogens is 348 g/mol. The molecule has 0 aliphatic carbocycles. The molecule has 132 valence electrons. The number of anilines is 2. The first kappa shape index (κ1) is 17.5. The summed E-state index contributed by atoms with van der Waals surface area (Å²) in [6.07, 6.45) is 0. The van der Waals surface area contributed by atoms with Gasteiger partial charge in [0.05, 0.1) is 5.69 Å². The summed E-state index contributed by atoms with van der Waals surface area (Å²) in [6.45, 7) is 4.27. The zero-order valence-corrected chi connectivity index (χ0v) is 14.5. The lowest BCUT2D eigenvalue weighted by Gasteiger charge is -2.36. The Hall–Kier alpha value is -2.34. The molecule has 1 heterocycles. The number of hydrogen-bond donors (Lipinski definition) is 1. The smallest absolute Gasteiger partial charge is 0.322 e. The lowest BCUT2D eigenvalue weighted by atomic mass is 10.1. The lowest BCUT2D eigenvalue weighted by Crippen LogP contribution is -2.50. The van der Waals surface area contributed by atoms with Gasteiger partial charge in [-0.15, -0.1) is 0 Å². The van der Waals surface area contributed by atoms with Crippen LogP contribution in [-0.4, -0.2) is 37.1 Å². The van der Waals surface area contributed by atoms with Crippen LogP contribution in [0, 0.1) is 18.6 Å². The third-order valence-corrected chi connectivity index (χ3v) is 4.73. The van der Waals surface area contributed by atoms with E-state index in [2.05, 4.69) is 10.2 Å². The molecule has 1 N–H and O–H groups in total. The van der Waals surface area contributed by atoms with Crippen molar-refractivity contribution in [2.24, 2.45) is 0 Å². The van der Waals surface area contributed by atoms with Gasteiger partial charge in [0.15, 0.2) is 0 Å². The summed E-state index contributed by atoms with van der Waals surface area (Å²) in [6, 6.07) is 8.43.